The summed E-state index contributed by atoms with van der Waals surface area (Å²) in [6.45, 7) is 4.19. The van der Waals surface area contributed by atoms with Gasteiger partial charge in [-0.15, -0.1) is 0 Å². The monoisotopic (exact) mass is 324 g/mol. The number of nitrogens with zero attached hydrogens (tertiary/aromatic N) is 2. The second kappa shape index (κ2) is 8.13. The fourth-order valence-corrected chi connectivity index (χ4v) is 3.28. The molecule has 1 aliphatic carbocycles. The van der Waals surface area contributed by atoms with Crippen LogP contribution in [0.25, 0.3) is 0 Å². The van der Waals surface area contributed by atoms with Crippen LogP contribution in [0.3, 0.4) is 0 Å². The Kier molecular flexibility index (Phi) is 5.68. The van der Waals surface area contributed by atoms with E-state index >= 15 is 0 Å². The number of anilines is 3. The van der Waals surface area contributed by atoms with E-state index in [4.69, 9.17) is 0 Å². The number of benzene rings is 1. The molecular weight excluding hydrogens is 296 g/mol. The first-order valence-corrected chi connectivity index (χ1v) is 9.21. The van der Waals surface area contributed by atoms with Gasteiger partial charge in [-0.2, -0.15) is 4.98 Å². The molecule has 2 aromatic rings. The van der Waals surface area contributed by atoms with E-state index in [9.17, 15) is 0 Å². The van der Waals surface area contributed by atoms with Crippen molar-refractivity contribution in [1.29, 1.82) is 0 Å². The third-order valence-corrected chi connectivity index (χ3v) is 4.68. The van der Waals surface area contributed by atoms with Gasteiger partial charge in [-0.05, 0) is 43.9 Å². The van der Waals surface area contributed by atoms with Gasteiger partial charge >= 0.3 is 0 Å². The van der Waals surface area contributed by atoms with Crippen LogP contribution in [0.2, 0.25) is 0 Å². The maximum Gasteiger partial charge on any atom is 0.225 e. The van der Waals surface area contributed by atoms with Crippen LogP contribution in [0.1, 0.15) is 56.7 Å². The van der Waals surface area contributed by atoms with E-state index in [0.29, 0.717) is 6.04 Å². The van der Waals surface area contributed by atoms with E-state index in [1.807, 2.05) is 13.0 Å². The van der Waals surface area contributed by atoms with Crippen LogP contribution in [0, 0.1) is 6.92 Å². The van der Waals surface area contributed by atoms with Crippen LogP contribution < -0.4 is 10.6 Å². The van der Waals surface area contributed by atoms with Crippen LogP contribution in [0.15, 0.2) is 30.3 Å². The molecule has 1 aromatic carbocycles. The van der Waals surface area contributed by atoms with Crippen molar-refractivity contribution >= 4 is 17.5 Å². The van der Waals surface area contributed by atoms with E-state index in [2.05, 4.69) is 51.8 Å². The molecule has 24 heavy (non-hydrogen) atoms. The lowest BCUT2D eigenvalue weighted by molar-refractivity contribution is 0.614. The Morgan fingerprint density at radius 3 is 2.38 bits per heavy atom. The van der Waals surface area contributed by atoms with Crippen molar-refractivity contribution in [3.63, 3.8) is 0 Å². The van der Waals surface area contributed by atoms with Gasteiger partial charge in [-0.3, -0.25) is 0 Å². The van der Waals surface area contributed by atoms with Crippen LogP contribution in [0.4, 0.5) is 17.5 Å². The highest BCUT2D eigenvalue weighted by molar-refractivity contribution is 5.58. The van der Waals surface area contributed by atoms with E-state index in [1.165, 1.54) is 44.1 Å². The molecule has 0 aliphatic heterocycles. The summed E-state index contributed by atoms with van der Waals surface area (Å²) < 4.78 is 0. The molecule has 1 saturated carbocycles. The standard InChI is InChI=1S/C20H28N4/c1-3-16-10-12-18(13-11-16)22-19-14-15(2)21-20(24-19)23-17-8-6-4-5-7-9-17/h10-14,17H,3-9H2,1-2H3,(H2,21,22,23,24). The van der Waals surface area contributed by atoms with E-state index in [0.717, 1.165) is 29.6 Å². The molecule has 1 aliphatic rings. The Hall–Kier alpha value is -2.10. The smallest absolute Gasteiger partial charge is 0.225 e. The number of aryl methyl sites for hydroxylation is 2. The highest BCUT2D eigenvalue weighted by Crippen LogP contribution is 2.22. The maximum absolute atomic E-state index is 4.66. The Bertz CT molecular complexity index is 643. The van der Waals surface area contributed by atoms with Gasteiger partial charge in [0.05, 0.1) is 0 Å². The molecule has 4 nitrogen and oxygen atoms in total. The molecule has 0 amide bonds. The summed E-state index contributed by atoms with van der Waals surface area (Å²) >= 11 is 0. The van der Waals surface area contributed by atoms with Gasteiger partial charge in [-0.1, -0.05) is 44.7 Å². The van der Waals surface area contributed by atoms with Gasteiger partial charge in [-0.25, -0.2) is 4.98 Å². The van der Waals surface area contributed by atoms with Crippen molar-refractivity contribution in [2.75, 3.05) is 10.6 Å². The van der Waals surface area contributed by atoms with Crippen LogP contribution in [-0.4, -0.2) is 16.0 Å². The lowest BCUT2D eigenvalue weighted by Gasteiger charge is -2.17. The third-order valence-electron chi connectivity index (χ3n) is 4.68. The van der Waals surface area contributed by atoms with Crippen molar-refractivity contribution in [3.8, 4) is 0 Å². The average molecular weight is 324 g/mol. The first-order valence-electron chi connectivity index (χ1n) is 9.21. The van der Waals surface area contributed by atoms with Crippen LogP contribution >= 0.6 is 0 Å². The Morgan fingerprint density at radius 1 is 1.00 bits per heavy atom. The summed E-state index contributed by atoms with van der Waals surface area (Å²) in [4.78, 5) is 9.23. The topological polar surface area (TPSA) is 49.8 Å². The summed E-state index contributed by atoms with van der Waals surface area (Å²) in [5, 5.41) is 6.94. The molecule has 0 spiro atoms. The molecule has 0 bridgehead atoms. The lowest BCUT2D eigenvalue weighted by Crippen LogP contribution is -2.20. The number of hydrogen-bond donors (Lipinski definition) is 2. The van der Waals surface area contributed by atoms with Gasteiger partial charge in [0, 0.05) is 23.5 Å². The van der Waals surface area contributed by atoms with E-state index < -0.39 is 0 Å². The van der Waals surface area contributed by atoms with Crippen molar-refractivity contribution < 1.29 is 0 Å². The summed E-state index contributed by atoms with van der Waals surface area (Å²) in [7, 11) is 0. The molecule has 1 aromatic heterocycles. The van der Waals surface area contributed by atoms with Gasteiger partial charge in [0.15, 0.2) is 0 Å². The molecule has 0 saturated heterocycles. The molecule has 0 atom stereocenters. The fourth-order valence-electron chi connectivity index (χ4n) is 3.28. The molecule has 4 heteroatoms. The predicted octanol–water partition coefficient (Wildman–Crippen LogP) is 5.23. The highest BCUT2D eigenvalue weighted by Gasteiger charge is 2.13. The SMILES string of the molecule is CCc1ccc(Nc2cc(C)nc(NC3CCCCCC3)n2)cc1. The fraction of sp³-hybridized carbons (Fsp3) is 0.500. The average Bonchev–Trinajstić information content (AvgIpc) is 2.84. The molecule has 1 heterocycles. The van der Waals surface area contributed by atoms with Gasteiger partial charge in [0.25, 0.3) is 0 Å². The summed E-state index contributed by atoms with van der Waals surface area (Å²) in [5.74, 6) is 1.59. The molecule has 3 rings (SSSR count). The highest BCUT2D eigenvalue weighted by atomic mass is 15.2. The summed E-state index contributed by atoms with van der Waals surface area (Å²) in [6, 6.07) is 11.0. The first kappa shape index (κ1) is 16.7. The van der Waals surface area contributed by atoms with Crippen molar-refractivity contribution in [2.24, 2.45) is 0 Å². The van der Waals surface area contributed by atoms with Crippen molar-refractivity contribution in [1.82, 2.24) is 9.97 Å². The number of hydrogen-bond acceptors (Lipinski definition) is 4. The minimum atomic E-state index is 0.506. The largest absolute Gasteiger partial charge is 0.351 e. The zero-order valence-electron chi connectivity index (χ0n) is 14.8. The number of aromatic nitrogens is 2. The zero-order chi connectivity index (χ0) is 16.8. The summed E-state index contributed by atoms with van der Waals surface area (Å²) in [6.07, 6.45) is 8.82. The quantitative estimate of drug-likeness (QED) is 0.740. The predicted molar refractivity (Wildman–Crippen MR) is 101 cm³/mol. The van der Waals surface area contributed by atoms with Gasteiger partial charge in [0.2, 0.25) is 5.95 Å². The van der Waals surface area contributed by atoms with Crippen LogP contribution in [-0.2, 0) is 6.42 Å². The molecular formula is C20H28N4. The number of nitrogens with one attached hydrogen (secondary N) is 2. The Balaban J connectivity index is 1.70. The first-order chi connectivity index (χ1) is 11.7. The summed E-state index contributed by atoms with van der Waals surface area (Å²) in [5.41, 5.74) is 3.38. The second-order valence-electron chi connectivity index (χ2n) is 6.73. The Labute approximate surface area is 145 Å². The van der Waals surface area contributed by atoms with Crippen molar-refractivity contribution in [3.05, 3.63) is 41.6 Å². The lowest BCUT2D eigenvalue weighted by atomic mass is 10.1. The van der Waals surface area contributed by atoms with Crippen LogP contribution in [0.5, 0.6) is 0 Å². The van der Waals surface area contributed by atoms with Gasteiger partial charge in [0.1, 0.15) is 5.82 Å². The molecule has 0 radical (unpaired) electrons. The number of rotatable bonds is 5. The molecule has 0 unspecified atom stereocenters. The minimum absolute atomic E-state index is 0.506. The van der Waals surface area contributed by atoms with Gasteiger partial charge < -0.3 is 10.6 Å². The normalized spacial score (nSPS) is 15.8. The second-order valence-corrected chi connectivity index (χ2v) is 6.73. The molecule has 128 valence electrons. The Morgan fingerprint density at radius 2 is 1.71 bits per heavy atom. The van der Waals surface area contributed by atoms with Crippen molar-refractivity contribution in [2.45, 2.75) is 64.8 Å². The third kappa shape index (κ3) is 4.70. The molecule has 2 N–H and O–H groups in total. The zero-order valence-corrected chi connectivity index (χ0v) is 14.8. The minimum Gasteiger partial charge on any atom is -0.351 e. The maximum atomic E-state index is 4.66. The van der Waals surface area contributed by atoms with E-state index in [1.54, 1.807) is 0 Å². The molecule has 1 fully saturated rings. The van der Waals surface area contributed by atoms with E-state index in [-0.39, 0.29) is 0 Å².